The van der Waals surface area contributed by atoms with Crippen LogP contribution in [0, 0.1) is 6.92 Å². The first-order valence-corrected chi connectivity index (χ1v) is 9.66. The number of hydrogen-bond acceptors (Lipinski definition) is 7. The molecule has 0 aliphatic rings. The summed E-state index contributed by atoms with van der Waals surface area (Å²) in [6.45, 7) is 3.69. The van der Waals surface area contributed by atoms with Gasteiger partial charge in [0.15, 0.2) is 0 Å². The first kappa shape index (κ1) is 18.9. The van der Waals surface area contributed by atoms with Gasteiger partial charge in [0.1, 0.15) is 27.8 Å². The molecule has 2 aromatic carbocycles. The molecule has 0 aliphatic carbocycles. The van der Waals surface area contributed by atoms with Gasteiger partial charge in [0, 0.05) is 0 Å². The van der Waals surface area contributed by atoms with E-state index in [1.807, 2.05) is 6.92 Å². The Morgan fingerprint density at radius 1 is 1.07 bits per heavy atom. The molecule has 3 aromatic rings. The van der Waals surface area contributed by atoms with E-state index in [1.165, 1.54) is 24.3 Å². The average Bonchev–Trinajstić information content (AvgIpc) is 3.06. The molecule has 142 valence electrons. The largest absolute Gasteiger partial charge is 0.464 e. The minimum atomic E-state index is -4.50. The molecule has 1 aromatic heterocycles. The summed E-state index contributed by atoms with van der Waals surface area (Å²) < 4.78 is 37.9. The Bertz CT molecular complexity index is 1160. The van der Waals surface area contributed by atoms with Gasteiger partial charge in [0.05, 0.1) is 11.7 Å². The monoisotopic (exact) mass is 390 g/mol. The summed E-state index contributed by atoms with van der Waals surface area (Å²) in [6.07, 6.45) is 0.590. The molecule has 0 amide bonds. The maximum absolute atomic E-state index is 12.0. The van der Waals surface area contributed by atoms with Gasteiger partial charge in [-0.15, -0.1) is 0 Å². The second kappa shape index (κ2) is 7.01. The minimum absolute atomic E-state index is 0.00274. The zero-order valence-electron chi connectivity index (χ0n) is 14.6. The lowest BCUT2D eigenvalue weighted by atomic mass is 10.1. The predicted octanol–water partition coefficient (Wildman–Crippen LogP) is 2.74. The predicted molar refractivity (Wildman–Crippen MR) is 101 cm³/mol. The number of nitrogens with one attached hydrogen (secondary N) is 2. The summed E-state index contributed by atoms with van der Waals surface area (Å²) in [6, 6.07) is 8.79. The fraction of sp³-hybridized carbons (Fsp3) is 0.222. The van der Waals surface area contributed by atoms with Gasteiger partial charge in [-0.3, -0.25) is 14.1 Å². The van der Waals surface area contributed by atoms with Crippen molar-refractivity contribution in [3.8, 4) is 0 Å². The topological polar surface area (TPSA) is 126 Å². The Labute approximate surface area is 155 Å². The van der Waals surface area contributed by atoms with Crippen LogP contribution >= 0.6 is 0 Å². The van der Waals surface area contributed by atoms with Crippen LogP contribution in [-0.2, 0) is 10.1 Å². The van der Waals surface area contributed by atoms with Crippen molar-refractivity contribution in [2.45, 2.75) is 31.2 Å². The summed E-state index contributed by atoms with van der Waals surface area (Å²) in [4.78, 5) is 23.6. The number of anilines is 3. The first-order valence-electron chi connectivity index (χ1n) is 8.22. The van der Waals surface area contributed by atoms with Crippen molar-refractivity contribution in [3.63, 3.8) is 0 Å². The van der Waals surface area contributed by atoms with E-state index in [0.717, 1.165) is 5.76 Å². The van der Waals surface area contributed by atoms with Crippen molar-refractivity contribution in [2.24, 2.45) is 0 Å². The molecule has 0 bridgehead atoms. The van der Waals surface area contributed by atoms with E-state index < -0.39 is 25.9 Å². The van der Waals surface area contributed by atoms with Crippen LogP contribution in [0.25, 0.3) is 0 Å². The summed E-state index contributed by atoms with van der Waals surface area (Å²) in [5.41, 5.74) is -1.49. The van der Waals surface area contributed by atoms with E-state index in [-0.39, 0.29) is 23.1 Å². The van der Waals surface area contributed by atoms with Crippen LogP contribution in [0.1, 0.15) is 30.9 Å². The SMILES string of the molecule is CC[C@@H](Nc1c(Nc2ccccc2S(=O)(=O)O)c(=O)c1=O)c1ccc(C)o1. The third kappa shape index (κ3) is 3.64. The second-order valence-corrected chi connectivity index (χ2v) is 7.45. The van der Waals surface area contributed by atoms with Gasteiger partial charge in [-0.2, -0.15) is 8.42 Å². The third-order valence-electron chi connectivity index (χ3n) is 4.17. The Morgan fingerprint density at radius 2 is 1.74 bits per heavy atom. The van der Waals surface area contributed by atoms with Gasteiger partial charge in [0.2, 0.25) is 0 Å². The number of benzene rings is 1. The van der Waals surface area contributed by atoms with Gasteiger partial charge in [0.25, 0.3) is 21.0 Å². The molecular formula is C18H18N2O6S. The summed E-state index contributed by atoms with van der Waals surface area (Å²) >= 11 is 0. The molecule has 0 unspecified atom stereocenters. The van der Waals surface area contributed by atoms with E-state index in [4.69, 9.17) is 4.42 Å². The standard InChI is InChI=1S/C18H18N2O6S/c1-3-11(13-9-8-10(2)26-13)19-15-16(18(22)17(15)21)20-12-6-4-5-7-14(12)27(23,24)25/h4-9,11,19-20H,3H2,1-2H3,(H,23,24,25)/t11-/m1/s1. The molecule has 0 aliphatic heterocycles. The molecule has 0 saturated carbocycles. The Balaban J connectivity index is 1.93. The van der Waals surface area contributed by atoms with E-state index in [9.17, 15) is 22.6 Å². The molecule has 3 N–H and O–H groups in total. The highest BCUT2D eigenvalue weighted by molar-refractivity contribution is 7.86. The molecule has 0 radical (unpaired) electrons. The Kier molecular flexibility index (Phi) is 4.90. The number of para-hydroxylation sites is 1. The van der Waals surface area contributed by atoms with Crippen molar-refractivity contribution in [1.82, 2.24) is 0 Å². The van der Waals surface area contributed by atoms with Crippen LogP contribution in [-0.4, -0.2) is 13.0 Å². The quantitative estimate of drug-likeness (QED) is 0.415. The summed E-state index contributed by atoms with van der Waals surface area (Å²) in [5, 5.41) is 5.63. The highest BCUT2D eigenvalue weighted by atomic mass is 32.2. The second-order valence-electron chi connectivity index (χ2n) is 6.06. The lowest BCUT2D eigenvalue weighted by molar-refractivity contribution is 0.452. The highest BCUT2D eigenvalue weighted by Crippen LogP contribution is 2.30. The van der Waals surface area contributed by atoms with Gasteiger partial charge in [-0.1, -0.05) is 19.1 Å². The molecular weight excluding hydrogens is 372 g/mol. The van der Waals surface area contributed by atoms with Crippen molar-refractivity contribution in [3.05, 3.63) is 68.4 Å². The van der Waals surface area contributed by atoms with Crippen molar-refractivity contribution >= 4 is 27.2 Å². The Hall–Kier alpha value is -2.91. The number of aryl methyl sites for hydroxylation is 1. The normalized spacial score (nSPS) is 12.9. The van der Waals surface area contributed by atoms with Gasteiger partial charge < -0.3 is 15.1 Å². The smallest absolute Gasteiger partial charge is 0.296 e. The molecule has 27 heavy (non-hydrogen) atoms. The molecule has 1 heterocycles. The number of hydrogen-bond donors (Lipinski definition) is 3. The van der Waals surface area contributed by atoms with Gasteiger partial charge in [-0.25, -0.2) is 0 Å². The van der Waals surface area contributed by atoms with Crippen LogP contribution in [0.15, 0.2) is 55.3 Å². The van der Waals surface area contributed by atoms with E-state index in [0.29, 0.717) is 12.2 Å². The van der Waals surface area contributed by atoms with E-state index in [2.05, 4.69) is 10.6 Å². The zero-order chi connectivity index (χ0) is 19.8. The zero-order valence-corrected chi connectivity index (χ0v) is 15.5. The minimum Gasteiger partial charge on any atom is -0.464 e. The van der Waals surface area contributed by atoms with Crippen LogP contribution in [0.2, 0.25) is 0 Å². The summed E-state index contributed by atoms with van der Waals surface area (Å²) in [7, 11) is -4.50. The average molecular weight is 390 g/mol. The number of rotatable bonds is 7. The fourth-order valence-corrected chi connectivity index (χ4v) is 3.41. The van der Waals surface area contributed by atoms with Crippen molar-refractivity contribution in [2.75, 3.05) is 10.6 Å². The molecule has 8 nitrogen and oxygen atoms in total. The Morgan fingerprint density at radius 3 is 2.33 bits per heavy atom. The van der Waals surface area contributed by atoms with Crippen LogP contribution in [0.3, 0.4) is 0 Å². The lowest BCUT2D eigenvalue weighted by Crippen LogP contribution is -2.37. The molecule has 0 spiro atoms. The highest BCUT2D eigenvalue weighted by Gasteiger charge is 2.26. The van der Waals surface area contributed by atoms with Crippen molar-refractivity contribution < 1.29 is 17.4 Å². The maximum atomic E-state index is 12.0. The van der Waals surface area contributed by atoms with Crippen LogP contribution < -0.4 is 21.5 Å². The molecule has 9 heteroatoms. The summed E-state index contributed by atoms with van der Waals surface area (Å²) in [5.74, 6) is 1.34. The fourth-order valence-electron chi connectivity index (χ4n) is 2.77. The molecule has 0 fully saturated rings. The van der Waals surface area contributed by atoms with E-state index in [1.54, 1.807) is 19.1 Å². The van der Waals surface area contributed by atoms with Crippen LogP contribution in [0.5, 0.6) is 0 Å². The molecule has 0 saturated heterocycles. The van der Waals surface area contributed by atoms with Crippen LogP contribution in [0.4, 0.5) is 17.1 Å². The van der Waals surface area contributed by atoms with E-state index >= 15 is 0 Å². The van der Waals surface area contributed by atoms with Crippen molar-refractivity contribution in [1.29, 1.82) is 0 Å². The van der Waals surface area contributed by atoms with Gasteiger partial charge >= 0.3 is 0 Å². The third-order valence-corrected chi connectivity index (χ3v) is 5.08. The lowest BCUT2D eigenvalue weighted by Gasteiger charge is -2.20. The first-order chi connectivity index (χ1) is 12.7. The number of furan rings is 1. The maximum Gasteiger partial charge on any atom is 0.296 e. The molecule has 1 atom stereocenters. The van der Waals surface area contributed by atoms with Gasteiger partial charge in [-0.05, 0) is 37.6 Å². The molecule has 3 rings (SSSR count).